The summed E-state index contributed by atoms with van der Waals surface area (Å²) in [6, 6.07) is 22.2. The van der Waals surface area contributed by atoms with Gasteiger partial charge in [-0.15, -0.1) is 0 Å². The Morgan fingerprint density at radius 1 is 0.903 bits per heavy atom. The van der Waals surface area contributed by atoms with Gasteiger partial charge < -0.3 is 10.4 Å². The molecule has 31 heavy (non-hydrogen) atoms. The average Bonchev–Trinajstić information content (AvgIpc) is 2.80. The molecular weight excluding hydrogens is 393 g/mol. The van der Waals surface area contributed by atoms with Crippen molar-refractivity contribution in [1.82, 2.24) is 9.97 Å². The van der Waals surface area contributed by atoms with E-state index in [0.717, 1.165) is 5.56 Å². The molecule has 0 saturated heterocycles. The molecule has 5 nitrogen and oxygen atoms in total. The van der Waals surface area contributed by atoms with E-state index in [2.05, 4.69) is 15.3 Å². The Bertz CT molecular complexity index is 1180. The minimum Gasteiger partial charge on any atom is -0.508 e. The molecule has 6 heteroatoms. The largest absolute Gasteiger partial charge is 0.508 e. The van der Waals surface area contributed by atoms with Crippen molar-refractivity contribution in [1.29, 1.82) is 0 Å². The van der Waals surface area contributed by atoms with Crippen LogP contribution >= 0.6 is 0 Å². The smallest absolute Gasteiger partial charge is 0.225 e. The first-order valence-corrected chi connectivity index (χ1v) is 9.84. The molecule has 0 aliphatic carbocycles. The molecule has 0 aliphatic heterocycles. The van der Waals surface area contributed by atoms with Crippen LogP contribution in [-0.2, 0) is 11.2 Å². The van der Waals surface area contributed by atoms with E-state index in [1.54, 1.807) is 42.6 Å². The van der Waals surface area contributed by atoms with E-state index in [1.165, 1.54) is 12.1 Å². The van der Waals surface area contributed by atoms with Crippen molar-refractivity contribution in [2.24, 2.45) is 0 Å². The number of halogens is 1. The van der Waals surface area contributed by atoms with Gasteiger partial charge in [-0.25, -0.2) is 14.4 Å². The number of anilines is 1. The van der Waals surface area contributed by atoms with Crippen LogP contribution in [0.3, 0.4) is 0 Å². The lowest BCUT2D eigenvalue weighted by Gasteiger charge is -2.12. The maximum Gasteiger partial charge on any atom is 0.225 e. The van der Waals surface area contributed by atoms with Gasteiger partial charge in [-0.05, 0) is 60.5 Å². The lowest BCUT2D eigenvalue weighted by Crippen LogP contribution is -2.15. The van der Waals surface area contributed by atoms with Crippen LogP contribution in [-0.4, -0.2) is 21.0 Å². The van der Waals surface area contributed by atoms with E-state index in [1.807, 2.05) is 30.3 Å². The van der Waals surface area contributed by atoms with Crippen molar-refractivity contribution >= 4 is 11.7 Å². The Labute approximate surface area is 179 Å². The third-order valence-corrected chi connectivity index (χ3v) is 4.79. The number of phenols is 1. The summed E-state index contributed by atoms with van der Waals surface area (Å²) in [4.78, 5) is 21.6. The summed E-state index contributed by atoms with van der Waals surface area (Å²) in [7, 11) is 0. The standard InChI is InChI=1S/C25H20FN3O2/c26-20-11-7-18(8-12-20)22-16-27-25(24(28-22)19-9-13-21(30)14-10-19)29-23(31)15-6-17-4-2-1-3-5-17/h1-5,7-14,16,30H,6,15H2,(H,27,29,31). The molecule has 4 rings (SSSR count). The molecule has 4 aromatic rings. The van der Waals surface area contributed by atoms with Gasteiger partial charge in [0.25, 0.3) is 0 Å². The predicted octanol–water partition coefficient (Wildman–Crippen LogP) is 5.23. The molecule has 154 valence electrons. The molecule has 0 bridgehead atoms. The van der Waals surface area contributed by atoms with E-state index in [-0.39, 0.29) is 17.5 Å². The number of aromatic hydroxyl groups is 1. The SMILES string of the molecule is O=C(CCc1ccccc1)Nc1ncc(-c2ccc(F)cc2)nc1-c1ccc(O)cc1. The van der Waals surface area contributed by atoms with E-state index in [9.17, 15) is 14.3 Å². The first-order chi connectivity index (χ1) is 15.1. The highest BCUT2D eigenvalue weighted by Crippen LogP contribution is 2.29. The van der Waals surface area contributed by atoms with E-state index in [0.29, 0.717) is 41.2 Å². The number of nitrogens with zero attached hydrogens (tertiary/aromatic N) is 2. The number of nitrogens with one attached hydrogen (secondary N) is 1. The van der Waals surface area contributed by atoms with Crippen molar-refractivity contribution in [3.63, 3.8) is 0 Å². The molecule has 1 aromatic heterocycles. The van der Waals surface area contributed by atoms with Gasteiger partial charge in [0.2, 0.25) is 5.91 Å². The van der Waals surface area contributed by atoms with Crippen LogP contribution in [0.2, 0.25) is 0 Å². The Morgan fingerprint density at radius 2 is 1.58 bits per heavy atom. The third-order valence-electron chi connectivity index (χ3n) is 4.79. The summed E-state index contributed by atoms with van der Waals surface area (Å²) in [5, 5.41) is 12.5. The molecule has 0 spiro atoms. The highest BCUT2D eigenvalue weighted by atomic mass is 19.1. The van der Waals surface area contributed by atoms with Crippen molar-refractivity contribution in [2.45, 2.75) is 12.8 Å². The summed E-state index contributed by atoms with van der Waals surface area (Å²) in [5.74, 6) is -0.0556. The number of carbonyl (C=O) groups is 1. The van der Waals surface area contributed by atoms with Crippen molar-refractivity contribution in [3.05, 3.63) is 96.4 Å². The second-order valence-electron chi connectivity index (χ2n) is 7.04. The van der Waals surface area contributed by atoms with Gasteiger partial charge in [0.1, 0.15) is 17.3 Å². The molecule has 2 N–H and O–H groups in total. The highest BCUT2D eigenvalue weighted by Gasteiger charge is 2.14. The molecular formula is C25H20FN3O2. The normalized spacial score (nSPS) is 10.6. The zero-order chi connectivity index (χ0) is 21.6. The minimum absolute atomic E-state index is 0.125. The summed E-state index contributed by atoms with van der Waals surface area (Å²) in [5.41, 5.74) is 3.48. The lowest BCUT2D eigenvalue weighted by molar-refractivity contribution is -0.116. The monoisotopic (exact) mass is 413 g/mol. The van der Waals surface area contributed by atoms with Crippen LogP contribution in [0, 0.1) is 5.82 Å². The van der Waals surface area contributed by atoms with Crippen molar-refractivity contribution in [3.8, 4) is 28.3 Å². The van der Waals surface area contributed by atoms with Crippen LogP contribution in [0.5, 0.6) is 5.75 Å². The van der Waals surface area contributed by atoms with Gasteiger partial charge in [0.05, 0.1) is 11.9 Å². The van der Waals surface area contributed by atoms with Crippen molar-refractivity contribution < 1.29 is 14.3 Å². The Kier molecular flexibility index (Phi) is 5.98. The number of aryl methyl sites for hydroxylation is 1. The number of aromatic nitrogens is 2. The summed E-state index contributed by atoms with van der Waals surface area (Å²) < 4.78 is 13.3. The van der Waals surface area contributed by atoms with Crippen LogP contribution < -0.4 is 5.32 Å². The molecule has 1 heterocycles. The van der Waals surface area contributed by atoms with Gasteiger partial charge in [-0.1, -0.05) is 30.3 Å². The van der Waals surface area contributed by atoms with Gasteiger partial charge in [-0.2, -0.15) is 0 Å². The number of phenolic OH excluding ortho intramolecular Hbond substituents is 1. The minimum atomic E-state index is -0.335. The summed E-state index contributed by atoms with van der Waals surface area (Å²) in [6.45, 7) is 0. The quantitative estimate of drug-likeness (QED) is 0.454. The fourth-order valence-corrected chi connectivity index (χ4v) is 3.16. The zero-order valence-electron chi connectivity index (χ0n) is 16.6. The molecule has 0 fully saturated rings. The molecule has 0 aliphatic rings. The van der Waals surface area contributed by atoms with Gasteiger partial charge >= 0.3 is 0 Å². The Morgan fingerprint density at radius 3 is 2.29 bits per heavy atom. The van der Waals surface area contributed by atoms with Crippen LogP contribution in [0.25, 0.3) is 22.5 Å². The predicted molar refractivity (Wildman–Crippen MR) is 118 cm³/mol. The number of hydrogen-bond acceptors (Lipinski definition) is 4. The molecule has 0 atom stereocenters. The van der Waals surface area contributed by atoms with Gasteiger partial charge in [0.15, 0.2) is 5.82 Å². The van der Waals surface area contributed by atoms with Crippen molar-refractivity contribution in [2.75, 3.05) is 5.32 Å². The van der Waals surface area contributed by atoms with E-state index < -0.39 is 0 Å². The van der Waals surface area contributed by atoms with Crippen LogP contribution in [0.15, 0.2) is 85.1 Å². The number of rotatable bonds is 6. The van der Waals surface area contributed by atoms with Crippen LogP contribution in [0.4, 0.5) is 10.2 Å². The first-order valence-electron chi connectivity index (χ1n) is 9.84. The lowest BCUT2D eigenvalue weighted by atomic mass is 10.1. The van der Waals surface area contributed by atoms with E-state index >= 15 is 0 Å². The number of amides is 1. The zero-order valence-corrected chi connectivity index (χ0v) is 16.6. The first kappa shape index (κ1) is 20.2. The highest BCUT2D eigenvalue weighted by molar-refractivity contribution is 5.93. The fraction of sp³-hybridized carbons (Fsp3) is 0.0800. The molecule has 0 unspecified atom stereocenters. The second kappa shape index (κ2) is 9.17. The molecule has 3 aromatic carbocycles. The molecule has 0 saturated carbocycles. The van der Waals surface area contributed by atoms with Gasteiger partial charge in [-0.3, -0.25) is 4.79 Å². The van der Waals surface area contributed by atoms with E-state index in [4.69, 9.17) is 0 Å². The molecule has 1 amide bonds. The number of hydrogen-bond donors (Lipinski definition) is 2. The summed E-state index contributed by atoms with van der Waals surface area (Å²) in [6.07, 6.45) is 2.46. The molecule has 0 radical (unpaired) electrons. The Hall–Kier alpha value is -4.06. The number of carbonyl (C=O) groups excluding carboxylic acids is 1. The Balaban J connectivity index is 1.61. The summed E-state index contributed by atoms with van der Waals surface area (Å²) >= 11 is 0. The average molecular weight is 413 g/mol. The fourth-order valence-electron chi connectivity index (χ4n) is 3.16. The maximum atomic E-state index is 13.3. The van der Waals surface area contributed by atoms with Crippen LogP contribution in [0.1, 0.15) is 12.0 Å². The van der Waals surface area contributed by atoms with Gasteiger partial charge in [0, 0.05) is 17.5 Å². The second-order valence-corrected chi connectivity index (χ2v) is 7.04. The number of benzene rings is 3. The topological polar surface area (TPSA) is 75.1 Å². The third kappa shape index (κ3) is 5.11. The maximum absolute atomic E-state index is 13.3.